The van der Waals surface area contributed by atoms with Crippen LogP contribution in [0.5, 0.6) is 5.75 Å². The van der Waals surface area contributed by atoms with Crippen molar-refractivity contribution in [2.45, 2.75) is 39.7 Å². The van der Waals surface area contributed by atoms with Gasteiger partial charge in [0.15, 0.2) is 0 Å². The Labute approximate surface area is 177 Å². The fourth-order valence-corrected chi connectivity index (χ4v) is 3.79. The maximum absolute atomic E-state index is 5.60. The van der Waals surface area contributed by atoms with Crippen LogP contribution < -0.4 is 15.0 Å². The second-order valence-electron chi connectivity index (χ2n) is 9.07. The van der Waals surface area contributed by atoms with E-state index >= 15 is 0 Å². The molecule has 3 aromatic rings. The smallest absolute Gasteiger partial charge is 0.245 e. The van der Waals surface area contributed by atoms with Crippen molar-refractivity contribution in [1.29, 1.82) is 0 Å². The predicted octanol–water partition coefficient (Wildman–Crippen LogP) is 3.62. The molecule has 1 unspecified atom stereocenters. The number of anilines is 1. The fraction of sp³-hybridized carbons (Fsp3) is 0.478. The average Bonchev–Trinajstić information content (AvgIpc) is 3.20. The van der Waals surface area contributed by atoms with Gasteiger partial charge in [0.2, 0.25) is 5.95 Å². The summed E-state index contributed by atoms with van der Waals surface area (Å²) in [6, 6.07) is 8.03. The van der Waals surface area contributed by atoms with E-state index in [4.69, 9.17) is 4.74 Å². The molecule has 0 bridgehead atoms. The van der Waals surface area contributed by atoms with Gasteiger partial charge < -0.3 is 15.0 Å². The molecule has 1 saturated heterocycles. The number of ether oxygens (including phenoxy) is 1. The number of hydrogen-bond acceptors (Lipinski definition) is 7. The molecule has 1 N–H and O–H groups in total. The van der Waals surface area contributed by atoms with Gasteiger partial charge in [-0.25, -0.2) is 4.98 Å². The van der Waals surface area contributed by atoms with Crippen molar-refractivity contribution < 1.29 is 4.74 Å². The Balaban J connectivity index is 1.53. The summed E-state index contributed by atoms with van der Waals surface area (Å²) in [7, 11) is 1.66. The predicted molar refractivity (Wildman–Crippen MR) is 120 cm³/mol. The van der Waals surface area contributed by atoms with Gasteiger partial charge in [-0.3, -0.25) is 4.98 Å². The van der Waals surface area contributed by atoms with Gasteiger partial charge in [-0.15, -0.1) is 10.2 Å². The van der Waals surface area contributed by atoms with Gasteiger partial charge in [0.25, 0.3) is 0 Å². The van der Waals surface area contributed by atoms with Crippen LogP contribution in [-0.2, 0) is 0 Å². The Hall–Kier alpha value is -2.80. The van der Waals surface area contributed by atoms with Crippen LogP contribution in [0.1, 0.15) is 32.9 Å². The molecule has 2 aromatic heterocycles. The lowest BCUT2D eigenvalue weighted by Gasteiger charge is -2.23. The Morgan fingerprint density at radius 1 is 1.20 bits per heavy atom. The van der Waals surface area contributed by atoms with Crippen LogP contribution in [0.25, 0.3) is 22.2 Å². The molecule has 1 fully saturated rings. The Bertz CT molecular complexity index is 1030. The van der Waals surface area contributed by atoms with Crippen LogP contribution >= 0.6 is 0 Å². The number of pyridine rings is 1. The van der Waals surface area contributed by atoms with E-state index in [0.29, 0.717) is 17.6 Å². The second-order valence-corrected chi connectivity index (χ2v) is 9.07. The van der Waals surface area contributed by atoms with E-state index in [0.717, 1.165) is 54.0 Å². The van der Waals surface area contributed by atoms with Crippen molar-refractivity contribution in [3.63, 3.8) is 0 Å². The number of fused-ring (bicyclic) bond motifs is 1. The molecule has 0 aliphatic carbocycles. The van der Waals surface area contributed by atoms with Gasteiger partial charge >= 0.3 is 0 Å². The molecule has 3 heterocycles. The maximum Gasteiger partial charge on any atom is 0.245 e. The first kappa shape index (κ1) is 20.5. The molecular weight excluding hydrogens is 376 g/mol. The van der Waals surface area contributed by atoms with Crippen LogP contribution in [0.3, 0.4) is 0 Å². The SMILES string of the molecule is COc1cc2ccc(C)nc2cc1-c1cnc(N2CCC(CNC(C)(C)C)C2)nn1. The van der Waals surface area contributed by atoms with E-state index in [1.54, 1.807) is 13.3 Å². The van der Waals surface area contributed by atoms with Crippen LogP contribution in [0.2, 0.25) is 0 Å². The van der Waals surface area contributed by atoms with Crippen molar-refractivity contribution in [3.8, 4) is 17.0 Å². The van der Waals surface area contributed by atoms with Crippen molar-refractivity contribution in [1.82, 2.24) is 25.5 Å². The zero-order chi connectivity index (χ0) is 21.3. The highest BCUT2D eigenvalue weighted by Crippen LogP contribution is 2.32. The lowest BCUT2D eigenvalue weighted by Crippen LogP contribution is -2.39. The summed E-state index contributed by atoms with van der Waals surface area (Å²) in [5, 5.41) is 13.5. The van der Waals surface area contributed by atoms with Gasteiger partial charge in [0.1, 0.15) is 11.4 Å². The molecule has 1 aliphatic rings. The Kier molecular flexibility index (Phi) is 5.56. The number of benzene rings is 1. The van der Waals surface area contributed by atoms with Crippen LogP contribution in [0.15, 0.2) is 30.5 Å². The monoisotopic (exact) mass is 406 g/mol. The second kappa shape index (κ2) is 8.14. The molecule has 0 spiro atoms. The van der Waals surface area contributed by atoms with E-state index in [9.17, 15) is 0 Å². The van der Waals surface area contributed by atoms with Crippen molar-refractivity contribution >= 4 is 16.9 Å². The summed E-state index contributed by atoms with van der Waals surface area (Å²) in [5.74, 6) is 2.03. The van der Waals surface area contributed by atoms with Gasteiger partial charge in [-0.2, -0.15) is 0 Å². The Morgan fingerprint density at radius 2 is 2.03 bits per heavy atom. The summed E-state index contributed by atoms with van der Waals surface area (Å²) in [4.78, 5) is 11.4. The zero-order valence-corrected chi connectivity index (χ0v) is 18.4. The number of rotatable bonds is 5. The zero-order valence-electron chi connectivity index (χ0n) is 18.4. The number of hydrogen-bond donors (Lipinski definition) is 1. The van der Waals surface area contributed by atoms with Gasteiger partial charge in [-0.1, -0.05) is 6.07 Å². The van der Waals surface area contributed by atoms with Crippen molar-refractivity contribution in [2.24, 2.45) is 5.92 Å². The summed E-state index contributed by atoms with van der Waals surface area (Å²) < 4.78 is 5.60. The van der Waals surface area contributed by atoms with Crippen LogP contribution in [0.4, 0.5) is 5.95 Å². The molecule has 158 valence electrons. The summed E-state index contributed by atoms with van der Waals surface area (Å²) in [6.45, 7) is 11.5. The van der Waals surface area contributed by atoms with Gasteiger partial charge in [0.05, 0.1) is 18.8 Å². The number of aromatic nitrogens is 4. The third-order valence-corrected chi connectivity index (χ3v) is 5.46. The first-order valence-corrected chi connectivity index (χ1v) is 10.5. The largest absolute Gasteiger partial charge is 0.496 e. The maximum atomic E-state index is 5.60. The molecule has 0 radical (unpaired) electrons. The fourth-order valence-electron chi connectivity index (χ4n) is 3.79. The molecule has 7 heteroatoms. The molecule has 7 nitrogen and oxygen atoms in total. The number of nitrogens with one attached hydrogen (secondary N) is 1. The molecule has 1 aromatic carbocycles. The van der Waals surface area contributed by atoms with Crippen LogP contribution in [0, 0.1) is 12.8 Å². The molecule has 0 saturated carbocycles. The third-order valence-electron chi connectivity index (χ3n) is 5.46. The topological polar surface area (TPSA) is 76.1 Å². The van der Waals surface area contributed by atoms with Gasteiger partial charge in [-0.05, 0) is 58.2 Å². The molecule has 0 amide bonds. The number of nitrogens with zero attached hydrogens (tertiary/aromatic N) is 5. The van der Waals surface area contributed by atoms with E-state index < -0.39 is 0 Å². The normalized spacial score (nSPS) is 17.0. The average molecular weight is 407 g/mol. The Morgan fingerprint density at radius 3 is 2.73 bits per heavy atom. The number of methoxy groups -OCH3 is 1. The molecule has 1 atom stereocenters. The highest BCUT2D eigenvalue weighted by Gasteiger charge is 2.26. The van der Waals surface area contributed by atoms with Crippen molar-refractivity contribution in [3.05, 3.63) is 36.2 Å². The third kappa shape index (κ3) is 4.51. The summed E-state index contributed by atoms with van der Waals surface area (Å²) >= 11 is 0. The molecule has 1 aliphatic heterocycles. The van der Waals surface area contributed by atoms with E-state index in [1.165, 1.54) is 0 Å². The highest BCUT2D eigenvalue weighted by molar-refractivity contribution is 5.87. The standard InChI is InChI=1S/C23H30N6O/c1-15-6-7-17-10-21(30-5)18(11-19(17)26-15)20-13-24-22(28-27-20)29-9-8-16(14-29)12-25-23(2,3)4/h6-7,10-11,13,16,25H,8-9,12,14H2,1-5H3. The first-order chi connectivity index (χ1) is 14.3. The quantitative estimate of drug-likeness (QED) is 0.693. The first-order valence-electron chi connectivity index (χ1n) is 10.5. The lowest BCUT2D eigenvalue weighted by molar-refractivity contribution is 0.383. The van der Waals surface area contributed by atoms with Crippen molar-refractivity contribution in [2.75, 3.05) is 31.6 Å². The minimum Gasteiger partial charge on any atom is -0.496 e. The van der Waals surface area contributed by atoms with Gasteiger partial charge in [0, 0.05) is 41.8 Å². The molecule has 4 rings (SSSR count). The molecular formula is C23H30N6O. The summed E-state index contributed by atoms with van der Waals surface area (Å²) in [6.07, 6.45) is 2.92. The van der Waals surface area contributed by atoms with E-state index in [2.05, 4.69) is 57.2 Å². The molecule has 30 heavy (non-hydrogen) atoms. The summed E-state index contributed by atoms with van der Waals surface area (Å²) in [5.41, 5.74) is 3.56. The van der Waals surface area contributed by atoms with Crippen LogP contribution in [-0.4, -0.2) is 52.4 Å². The minimum atomic E-state index is 0.138. The van der Waals surface area contributed by atoms with E-state index in [1.807, 2.05) is 25.1 Å². The highest BCUT2D eigenvalue weighted by atomic mass is 16.5. The number of aryl methyl sites for hydroxylation is 1. The lowest BCUT2D eigenvalue weighted by atomic mass is 10.1. The minimum absolute atomic E-state index is 0.138. The van der Waals surface area contributed by atoms with E-state index in [-0.39, 0.29) is 5.54 Å².